The van der Waals surface area contributed by atoms with Crippen LogP contribution in [-0.4, -0.2) is 138 Å². The summed E-state index contributed by atoms with van der Waals surface area (Å²) in [5.74, 6) is -4.34. The van der Waals surface area contributed by atoms with Gasteiger partial charge in [0.05, 0.1) is 38.1 Å². The summed E-state index contributed by atoms with van der Waals surface area (Å²) in [6.07, 6.45) is 7.70. The molecule has 11 aromatic rings. The largest absolute Gasteiger partial charge is 0.489 e. The first-order chi connectivity index (χ1) is 60.1. The third-order valence-electron chi connectivity index (χ3n) is 19.2. The monoisotopic (exact) mass is 1700 g/mol. The molecule has 0 saturated heterocycles. The van der Waals surface area contributed by atoms with E-state index in [2.05, 4.69) is 9.98 Å². The lowest BCUT2D eigenvalue weighted by Crippen LogP contribution is -2.39. The molecule has 3 atom stereocenters. The number of rotatable bonds is 46. The summed E-state index contributed by atoms with van der Waals surface area (Å²) in [6.45, 7) is 5.26. The molecule has 8 N–H and O–H groups in total. The summed E-state index contributed by atoms with van der Waals surface area (Å²) >= 11 is 0. The number of unbranched alkanes of at least 4 members (excludes halogenated alkanes) is 5. The predicted molar refractivity (Wildman–Crippen MR) is 465 cm³/mol. The molecule has 4 heterocycles. The Bertz CT molecular complexity index is 5560. The number of aryl methyl sites for hydroxylation is 3. The van der Waals surface area contributed by atoms with Gasteiger partial charge in [0.2, 0.25) is 23.0 Å². The van der Waals surface area contributed by atoms with Crippen LogP contribution in [0.2, 0.25) is 0 Å². The van der Waals surface area contributed by atoms with Gasteiger partial charge in [-0.1, -0.05) is 115 Å². The Kier molecular flexibility index (Phi) is 35.9. The van der Waals surface area contributed by atoms with E-state index in [0.29, 0.717) is 82.5 Å². The lowest BCUT2D eigenvalue weighted by molar-refractivity contribution is -0.154. The van der Waals surface area contributed by atoms with Crippen molar-refractivity contribution >= 4 is 91.4 Å². The second-order valence-electron chi connectivity index (χ2n) is 29.0. The van der Waals surface area contributed by atoms with E-state index in [4.69, 9.17) is 88.0 Å². The highest BCUT2D eigenvalue weighted by molar-refractivity contribution is 5.94. The molecule has 0 fully saturated rings. The number of benzene rings is 7. The van der Waals surface area contributed by atoms with Gasteiger partial charge in [-0.2, -0.15) is 0 Å². The van der Waals surface area contributed by atoms with Crippen LogP contribution in [0.15, 0.2) is 235 Å². The molecule has 0 spiro atoms. The predicted octanol–water partition coefficient (Wildman–Crippen LogP) is 13.0. The summed E-state index contributed by atoms with van der Waals surface area (Å²) in [5.41, 5.74) is 25.2. The van der Waals surface area contributed by atoms with Crippen LogP contribution in [0, 0.1) is 0 Å². The molecule has 30 nitrogen and oxygen atoms in total. The summed E-state index contributed by atoms with van der Waals surface area (Å²) in [5, 5.41) is 0.178. The average molecular weight is 1700 g/mol. The number of carbonyl (C=O) groups excluding carboxylic acids is 6. The molecular weight excluding hydrogens is 1600 g/mol. The Labute approximate surface area is 713 Å². The number of amidine groups is 2. The van der Waals surface area contributed by atoms with Crippen LogP contribution in [0.3, 0.4) is 0 Å². The molecule has 7 aromatic carbocycles. The van der Waals surface area contributed by atoms with E-state index < -0.39 is 81.8 Å². The number of carbonyl (C=O) groups is 6. The van der Waals surface area contributed by atoms with Crippen molar-refractivity contribution in [3.05, 3.63) is 269 Å². The van der Waals surface area contributed by atoms with Gasteiger partial charge >= 0.3 is 35.8 Å². The minimum absolute atomic E-state index is 0.0433. The Morgan fingerprint density at radius 3 is 0.887 bits per heavy atom. The first-order valence-corrected chi connectivity index (χ1v) is 41.1. The Balaban J connectivity index is 0.000000262. The number of nitrogens with two attached hydrogens (primary N) is 4. The molecule has 0 bridgehead atoms. The van der Waals surface area contributed by atoms with Gasteiger partial charge in [-0.3, -0.25) is 38.8 Å². The molecule has 0 radical (unpaired) electrons. The van der Waals surface area contributed by atoms with E-state index in [1.807, 2.05) is 91.0 Å². The van der Waals surface area contributed by atoms with Crippen molar-refractivity contribution in [1.29, 1.82) is 0 Å². The lowest BCUT2D eigenvalue weighted by atomic mass is 10.1. The molecule has 652 valence electrons. The normalized spacial score (nSPS) is 12.2. The van der Waals surface area contributed by atoms with E-state index in [-0.39, 0.29) is 143 Å². The van der Waals surface area contributed by atoms with Crippen LogP contribution in [0.25, 0.3) is 43.9 Å². The zero-order valence-electron chi connectivity index (χ0n) is 69.4. The van der Waals surface area contributed by atoms with E-state index in [1.54, 1.807) is 45.0 Å². The van der Waals surface area contributed by atoms with Gasteiger partial charge in [0.25, 0.3) is 0 Å². The quantitative estimate of drug-likeness (QED) is 0.00905. The minimum Gasteiger partial charge on any atom is -0.489 e. The van der Waals surface area contributed by atoms with E-state index >= 15 is 0 Å². The number of hydrogen-bond acceptors (Lipinski definition) is 28. The Morgan fingerprint density at radius 1 is 0.347 bits per heavy atom. The fraction of sp³-hybridized carbons (Fsp3) is 0.340. The second-order valence-corrected chi connectivity index (χ2v) is 29.0. The maximum Gasteiger partial charge on any atom is 0.374 e. The number of fused-ring (bicyclic) bond motifs is 4. The number of esters is 6. The summed E-state index contributed by atoms with van der Waals surface area (Å²) in [6, 6.07) is 50.5. The highest BCUT2D eigenvalue weighted by atomic mass is 16.6. The van der Waals surface area contributed by atoms with Crippen LogP contribution in [0.5, 0.6) is 23.0 Å². The number of hydrogen-bond donors (Lipinski definition) is 4. The van der Waals surface area contributed by atoms with Gasteiger partial charge in [0, 0.05) is 37.4 Å². The van der Waals surface area contributed by atoms with Crippen molar-refractivity contribution in [3.63, 3.8) is 0 Å². The Hall–Kier alpha value is -13.7. The lowest BCUT2D eigenvalue weighted by Gasteiger charge is -2.21. The fourth-order valence-corrected chi connectivity index (χ4v) is 12.9. The van der Waals surface area contributed by atoms with Crippen molar-refractivity contribution in [2.24, 2.45) is 32.9 Å². The maximum atomic E-state index is 13.5. The minimum atomic E-state index is -1.12. The molecule has 124 heavy (non-hydrogen) atoms. The topological polar surface area (TPSA) is 444 Å². The summed E-state index contributed by atoms with van der Waals surface area (Å²) in [4.78, 5) is 139. The van der Waals surface area contributed by atoms with E-state index in [0.717, 1.165) is 62.8 Å². The molecular formula is C94H102N6O24. The summed E-state index contributed by atoms with van der Waals surface area (Å²) in [7, 11) is 0. The molecule has 11 rings (SSSR count). The zero-order valence-corrected chi connectivity index (χ0v) is 69.4. The second kappa shape index (κ2) is 48.0. The molecule has 0 aliphatic heterocycles. The SMILES string of the molecule is CC(N)=NCCCC[C@H](N)C(=O)OC(COc1cccc2oc(C(=O)OCCCCc3ccccc3)cc(=O)c12)COc1cccc2oc(C(=O)OCCCCc3ccccc3)cc(=O)c12.CCOC(=O)c1cc(=O)c2c(OCC(COc3cccc4oc(C(=O)OCCCCc5ccccc5)cc(=O)c34)OC(=O)[C@@H](N)CCCCN=C(C)N)cccc2o1. The fourth-order valence-electron chi connectivity index (χ4n) is 12.9. The molecule has 30 heteroatoms. The van der Waals surface area contributed by atoms with Crippen LogP contribution in [-0.2, 0) is 57.3 Å². The third-order valence-corrected chi connectivity index (χ3v) is 19.2. The first kappa shape index (κ1) is 92.5. The number of nitrogens with zero attached hydrogens (tertiary/aromatic N) is 2. The van der Waals surface area contributed by atoms with E-state index in [9.17, 15) is 47.9 Å². The molecule has 0 aliphatic rings. The summed E-state index contributed by atoms with van der Waals surface area (Å²) < 4.78 is 79.9. The van der Waals surface area contributed by atoms with Gasteiger partial charge in [0.1, 0.15) is 105 Å². The molecule has 0 saturated carbocycles. The van der Waals surface area contributed by atoms with Crippen molar-refractivity contribution < 1.29 is 93.8 Å². The van der Waals surface area contributed by atoms with Gasteiger partial charge in [-0.05, 0) is 182 Å². The van der Waals surface area contributed by atoms with E-state index in [1.165, 1.54) is 65.2 Å². The highest BCUT2D eigenvalue weighted by Gasteiger charge is 2.28. The van der Waals surface area contributed by atoms with Crippen LogP contribution >= 0.6 is 0 Å². The smallest absolute Gasteiger partial charge is 0.374 e. The van der Waals surface area contributed by atoms with Crippen molar-refractivity contribution in [1.82, 2.24) is 0 Å². The van der Waals surface area contributed by atoms with Crippen molar-refractivity contribution in [2.75, 3.05) is 65.9 Å². The standard InChI is InChI=1S/C51H55N3O12.C43H47N3O12/c1-34(52)54-27-11-8-22-38(53)49(57)64-37(32-62-41-23-14-25-43-47(41)39(55)30-45(65-43)50(58)60-28-12-9-20-35-16-4-2-5-17-35)33-63-42-24-15-26-44-48(42)40(56)31-46(66-44)51(59)61-29-13-10-21-36-18-6-3-7-19-36;1-3-52-42(50)37-23-31(47)39-33(17-11-19-35(39)57-37)54-25-29(56-41(49)30(45)16-7-9-21-46-27(2)44)26-55-34-18-12-20-36-40(34)32(48)24-38(58-36)43(51)53-22-10-8-15-28-13-5-4-6-14-28/h2-7,14-19,23-26,30-31,37-38H,8-13,20-22,27-29,32-33,53H2,1H3,(H2,52,54);4-6,11-14,17-20,23-24,29-30H,3,7-10,15-16,21-22,25-26,45H2,1-2H3,(H2,44,46)/t38-;29?,30-/m00/s1. The van der Waals surface area contributed by atoms with Gasteiger partial charge in [0.15, 0.2) is 33.9 Å². The average Bonchev–Trinajstić information content (AvgIpc) is 0.805. The molecule has 0 amide bonds. The zero-order chi connectivity index (χ0) is 88.1. The van der Waals surface area contributed by atoms with Gasteiger partial charge < -0.3 is 88.0 Å². The number of aliphatic imine (C=N–C) groups is 2. The highest BCUT2D eigenvalue weighted by Crippen LogP contribution is 2.30. The number of ether oxygens (including phenoxy) is 10. The Morgan fingerprint density at radius 2 is 0.621 bits per heavy atom. The molecule has 0 aliphatic carbocycles. The first-order valence-electron chi connectivity index (χ1n) is 41.1. The molecule has 4 aromatic heterocycles. The van der Waals surface area contributed by atoms with Crippen LogP contribution in [0.4, 0.5) is 0 Å². The van der Waals surface area contributed by atoms with Crippen molar-refractivity contribution in [3.8, 4) is 23.0 Å². The van der Waals surface area contributed by atoms with Crippen LogP contribution < -0.4 is 63.6 Å². The molecule has 1 unspecified atom stereocenters. The van der Waals surface area contributed by atoms with Crippen LogP contribution in [0.1, 0.15) is 157 Å². The van der Waals surface area contributed by atoms with Gasteiger partial charge in [-0.25, -0.2) is 19.2 Å². The maximum absolute atomic E-state index is 13.5. The van der Waals surface area contributed by atoms with Crippen molar-refractivity contribution in [2.45, 2.75) is 141 Å². The third kappa shape index (κ3) is 28.4. The van der Waals surface area contributed by atoms with Gasteiger partial charge in [-0.15, -0.1) is 0 Å².